The van der Waals surface area contributed by atoms with Gasteiger partial charge in [-0.3, -0.25) is 0 Å². The number of fused-ring (bicyclic) bond motifs is 5. The molecular formula is C49H29N3OS. The summed E-state index contributed by atoms with van der Waals surface area (Å²) in [6, 6.07) is 61.5. The van der Waals surface area contributed by atoms with Gasteiger partial charge in [-0.25, -0.2) is 15.0 Å². The minimum Gasteiger partial charge on any atom is -0.456 e. The molecule has 0 saturated carbocycles. The Morgan fingerprint density at radius 2 is 1.00 bits per heavy atom. The summed E-state index contributed by atoms with van der Waals surface area (Å²) in [7, 11) is 0. The maximum atomic E-state index is 6.37. The molecule has 0 amide bonds. The number of nitrogens with zero attached hydrogens (tertiary/aromatic N) is 3. The van der Waals surface area contributed by atoms with Crippen LogP contribution in [0.25, 0.3) is 98.5 Å². The third kappa shape index (κ3) is 5.01. The molecule has 3 heterocycles. The van der Waals surface area contributed by atoms with Crippen molar-refractivity contribution in [3.05, 3.63) is 176 Å². The smallest absolute Gasteiger partial charge is 0.165 e. The van der Waals surface area contributed by atoms with Gasteiger partial charge >= 0.3 is 0 Å². The molecule has 0 aliphatic carbocycles. The van der Waals surface area contributed by atoms with E-state index in [-0.39, 0.29) is 0 Å². The summed E-state index contributed by atoms with van der Waals surface area (Å²) in [6.07, 6.45) is 0. The fourth-order valence-electron chi connectivity index (χ4n) is 7.77. The van der Waals surface area contributed by atoms with Gasteiger partial charge in [0.15, 0.2) is 17.5 Å². The molecule has 1 aliphatic rings. The largest absolute Gasteiger partial charge is 0.456 e. The first-order valence-electron chi connectivity index (χ1n) is 18.0. The molecule has 252 valence electrons. The quantitative estimate of drug-likeness (QED) is 0.179. The fourth-order valence-corrected chi connectivity index (χ4v) is 8.98. The second-order valence-electron chi connectivity index (χ2n) is 13.5. The first-order valence-corrected chi connectivity index (χ1v) is 18.8. The molecule has 0 N–H and O–H groups in total. The van der Waals surface area contributed by atoms with Gasteiger partial charge in [-0.05, 0) is 63.5 Å². The molecule has 1 aliphatic heterocycles. The Hall–Kier alpha value is -6.95. The number of rotatable bonds is 5. The highest BCUT2D eigenvalue weighted by Crippen LogP contribution is 2.47. The molecule has 0 fully saturated rings. The third-order valence-corrected chi connectivity index (χ3v) is 11.6. The van der Waals surface area contributed by atoms with Crippen LogP contribution < -0.4 is 4.74 Å². The zero-order chi connectivity index (χ0) is 35.6. The van der Waals surface area contributed by atoms with Crippen molar-refractivity contribution in [2.24, 2.45) is 0 Å². The van der Waals surface area contributed by atoms with E-state index in [2.05, 4.69) is 158 Å². The van der Waals surface area contributed by atoms with Crippen molar-refractivity contribution < 1.29 is 4.74 Å². The number of benzene rings is 8. The van der Waals surface area contributed by atoms with Crippen LogP contribution in [0, 0.1) is 0 Å². The first-order chi connectivity index (χ1) is 26.7. The standard InChI is InChI=1S/C49H29N3OS/c1-2-11-31(12-3-1)35-15-4-5-17-39(35)48-50-47(51-49(52-48)40-20-10-19-38-36-16-6-7-22-44(36)54-46(38)40)33-25-23-30(24-26-33)34-27-28-42-41(29-34)37-18-8-13-32-14-9-21-43(53-42)45(32)37/h1-29H. The van der Waals surface area contributed by atoms with Crippen molar-refractivity contribution >= 4 is 42.3 Å². The highest BCUT2D eigenvalue weighted by Gasteiger charge is 2.21. The fraction of sp³-hybridized carbons (Fsp3) is 0. The molecule has 4 nitrogen and oxygen atoms in total. The molecule has 0 spiro atoms. The van der Waals surface area contributed by atoms with Crippen molar-refractivity contribution in [2.45, 2.75) is 0 Å². The minimum absolute atomic E-state index is 0.629. The Kier molecular flexibility index (Phi) is 7.00. The number of hydrogen-bond acceptors (Lipinski definition) is 5. The van der Waals surface area contributed by atoms with Crippen LogP contribution in [0.1, 0.15) is 0 Å². The summed E-state index contributed by atoms with van der Waals surface area (Å²) in [4.78, 5) is 15.6. The summed E-state index contributed by atoms with van der Waals surface area (Å²) in [5.41, 5.74) is 9.58. The van der Waals surface area contributed by atoms with Crippen LogP contribution in [-0.2, 0) is 0 Å². The maximum Gasteiger partial charge on any atom is 0.165 e. The molecular weight excluding hydrogens is 679 g/mol. The lowest BCUT2D eigenvalue weighted by Crippen LogP contribution is -2.01. The molecule has 5 heteroatoms. The summed E-state index contributed by atoms with van der Waals surface area (Å²) in [6.45, 7) is 0. The molecule has 0 atom stereocenters. The zero-order valence-electron chi connectivity index (χ0n) is 28.9. The van der Waals surface area contributed by atoms with Gasteiger partial charge in [0.25, 0.3) is 0 Å². The third-order valence-electron chi connectivity index (χ3n) is 10.4. The summed E-state index contributed by atoms with van der Waals surface area (Å²) >= 11 is 1.78. The molecule has 54 heavy (non-hydrogen) atoms. The van der Waals surface area contributed by atoms with Gasteiger partial charge < -0.3 is 4.74 Å². The Morgan fingerprint density at radius 3 is 1.87 bits per heavy atom. The molecule has 11 rings (SSSR count). The second-order valence-corrected chi connectivity index (χ2v) is 14.6. The molecule has 0 unspecified atom stereocenters. The highest BCUT2D eigenvalue weighted by atomic mass is 32.1. The van der Waals surface area contributed by atoms with Crippen LogP contribution in [0.3, 0.4) is 0 Å². The van der Waals surface area contributed by atoms with Crippen molar-refractivity contribution in [1.82, 2.24) is 15.0 Å². The van der Waals surface area contributed by atoms with E-state index in [1.165, 1.54) is 31.1 Å². The van der Waals surface area contributed by atoms with E-state index < -0.39 is 0 Å². The van der Waals surface area contributed by atoms with Crippen LogP contribution in [0.15, 0.2) is 176 Å². The molecule has 0 radical (unpaired) electrons. The van der Waals surface area contributed by atoms with Gasteiger partial charge in [-0.15, -0.1) is 11.3 Å². The lowest BCUT2D eigenvalue weighted by atomic mass is 9.92. The van der Waals surface area contributed by atoms with Gasteiger partial charge in [0.05, 0.1) is 0 Å². The average molecular weight is 708 g/mol. The van der Waals surface area contributed by atoms with E-state index in [1.54, 1.807) is 11.3 Å². The van der Waals surface area contributed by atoms with E-state index in [0.29, 0.717) is 17.5 Å². The Labute approximate surface area is 315 Å². The topological polar surface area (TPSA) is 47.9 Å². The predicted octanol–water partition coefficient (Wildman–Crippen LogP) is 13.5. The molecule has 0 bridgehead atoms. The van der Waals surface area contributed by atoms with Crippen molar-refractivity contribution in [1.29, 1.82) is 0 Å². The SMILES string of the molecule is c1ccc(-c2ccccc2-c2nc(-c3ccc(-c4ccc5c(c4)-c4cccc6cccc(c46)O5)cc3)nc(-c3cccc4c3sc3ccccc34)n2)cc1. The van der Waals surface area contributed by atoms with Gasteiger partial charge in [-0.1, -0.05) is 146 Å². The zero-order valence-corrected chi connectivity index (χ0v) is 29.7. The Bertz CT molecular complexity index is 3070. The average Bonchev–Trinajstić information content (AvgIpc) is 3.63. The predicted molar refractivity (Wildman–Crippen MR) is 223 cm³/mol. The number of ether oxygens (including phenoxy) is 1. The highest BCUT2D eigenvalue weighted by molar-refractivity contribution is 7.26. The summed E-state index contributed by atoms with van der Waals surface area (Å²) < 4.78 is 8.79. The van der Waals surface area contributed by atoms with E-state index in [9.17, 15) is 0 Å². The van der Waals surface area contributed by atoms with Gasteiger partial charge in [0.2, 0.25) is 0 Å². The van der Waals surface area contributed by atoms with Crippen LogP contribution >= 0.6 is 11.3 Å². The number of hydrogen-bond donors (Lipinski definition) is 0. The molecule has 2 aromatic heterocycles. The van der Waals surface area contributed by atoms with Crippen LogP contribution in [0.2, 0.25) is 0 Å². The lowest BCUT2D eigenvalue weighted by Gasteiger charge is -2.22. The van der Waals surface area contributed by atoms with Crippen LogP contribution in [0.4, 0.5) is 0 Å². The number of thiophene rings is 1. The molecule has 0 saturated heterocycles. The lowest BCUT2D eigenvalue weighted by molar-refractivity contribution is 0.487. The monoisotopic (exact) mass is 707 g/mol. The van der Waals surface area contributed by atoms with E-state index in [1.807, 2.05) is 18.2 Å². The summed E-state index contributed by atoms with van der Waals surface area (Å²) in [5.74, 6) is 3.70. The van der Waals surface area contributed by atoms with E-state index in [4.69, 9.17) is 19.7 Å². The Morgan fingerprint density at radius 1 is 0.370 bits per heavy atom. The first kappa shape index (κ1) is 30.7. The van der Waals surface area contributed by atoms with E-state index in [0.717, 1.165) is 61.4 Å². The second kappa shape index (κ2) is 12.3. The molecule has 10 aromatic rings. The van der Waals surface area contributed by atoms with Crippen LogP contribution in [-0.4, -0.2) is 15.0 Å². The van der Waals surface area contributed by atoms with Crippen molar-refractivity contribution in [3.63, 3.8) is 0 Å². The normalized spacial score (nSPS) is 11.9. The van der Waals surface area contributed by atoms with Gasteiger partial charge in [0, 0.05) is 47.8 Å². The minimum atomic E-state index is 0.629. The number of aromatic nitrogens is 3. The Balaban J connectivity index is 1.05. The maximum absolute atomic E-state index is 6.37. The van der Waals surface area contributed by atoms with E-state index >= 15 is 0 Å². The van der Waals surface area contributed by atoms with Crippen molar-refractivity contribution in [2.75, 3.05) is 0 Å². The van der Waals surface area contributed by atoms with Gasteiger partial charge in [-0.2, -0.15) is 0 Å². The summed E-state index contributed by atoms with van der Waals surface area (Å²) in [5, 5.41) is 4.78. The van der Waals surface area contributed by atoms with Crippen LogP contribution in [0.5, 0.6) is 11.5 Å². The molecule has 8 aromatic carbocycles. The van der Waals surface area contributed by atoms with Crippen molar-refractivity contribution in [3.8, 4) is 79.0 Å². The van der Waals surface area contributed by atoms with Gasteiger partial charge in [0.1, 0.15) is 11.5 Å².